The number of anilines is 1. The maximum atomic E-state index is 12.3. The molecule has 1 aromatic heterocycles. The third-order valence-corrected chi connectivity index (χ3v) is 3.64. The Bertz CT molecular complexity index is 814. The van der Waals surface area contributed by atoms with Crippen molar-refractivity contribution in [2.24, 2.45) is 0 Å². The second kappa shape index (κ2) is 5.52. The first-order valence-electron chi connectivity index (χ1n) is 6.98. The first kappa shape index (κ1) is 14.1. The SMILES string of the molecule is Cc1noc(N)c1C(=O)O[C@@H](C)c1cccc2ccccc12. The lowest BCUT2D eigenvalue weighted by Crippen LogP contribution is -2.11. The van der Waals surface area contributed by atoms with Crippen molar-refractivity contribution in [2.45, 2.75) is 20.0 Å². The van der Waals surface area contributed by atoms with E-state index in [4.69, 9.17) is 15.0 Å². The van der Waals surface area contributed by atoms with Gasteiger partial charge in [-0.05, 0) is 30.2 Å². The number of rotatable bonds is 3. The lowest BCUT2D eigenvalue weighted by atomic mass is 10.0. The van der Waals surface area contributed by atoms with Gasteiger partial charge < -0.3 is 15.0 Å². The average Bonchev–Trinajstić information content (AvgIpc) is 2.85. The molecule has 2 N–H and O–H groups in total. The monoisotopic (exact) mass is 296 g/mol. The highest BCUT2D eigenvalue weighted by Crippen LogP contribution is 2.28. The Morgan fingerprint density at radius 2 is 1.95 bits per heavy atom. The van der Waals surface area contributed by atoms with Crippen molar-refractivity contribution in [3.63, 3.8) is 0 Å². The topological polar surface area (TPSA) is 78.4 Å². The molecule has 3 aromatic rings. The molecule has 5 heteroatoms. The van der Waals surface area contributed by atoms with E-state index >= 15 is 0 Å². The van der Waals surface area contributed by atoms with E-state index in [0.717, 1.165) is 16.3 Å². The lowest BCUT2D eigenvalue weighted by molar-refractivity contribution is 0.0341. The first-order valence-corrected chi connectivity index (χ1v) is 6.98. The van der Waals surface area contributed by atoms with E-state index in [9.17, 15) is 4.79 Å². The van der Waals surface area contributed by atoms with E-state index in [1.807, 2.05) is 49.4 Å². The number of nitrogens with zero attached hydrogens (tertiary/aromatic N) is 1. The molecule has 2 aromatic carbocycles. The van der Waals surface area contributed by atoms with Crippen LogP contribution in [-0.2, 0) is 4.74 Å². The number of aryl methyl sites for hydroxylation is 1. The normalized spacial score (nSPS) is 12.3. The quantitative estimate of drug-likeness (QED) is 0.746. The van der Waals surface area contributed by atoms with Gasteiger partial charge in [-0.1, -0.05) is 47.6 Å². The van der Waals surface area contributed by atoms with Crippen molar-refractivity contribution in [1.29, 1.82) is 0 Å². The van der Waals surface area contributed by atoms with E-state index in [-0.39, 0.29) is 11.4 Å². The maximum absolute atomic E-state index is 12.3. The van der Waals surface area contributed by atoms with Gasteiger partial charge in [-0.25, -0.2) is 4.79 Å². The Kier molecular flexibility index (Phi) is 3.55. The number of hydrogen-bond donors (Lipinski definition) is 1. The highest BCUT2D eigenvalue weighted by molar-refractivity contribution is 5.95. The number of aromatic nitrogens is 1. The van der Waals surface area contributed by atoms with Gasteiger partial charge in [0.2, 0.25) is 5.88 Å². The van der Waals surface area contributed by atoms with Crippen molar-refractivity contribution in [3.05, 3.63) is 59.3 Å². The molecule has 0 spiro atoms. The van der Waals surface area contributed by atoms with Gasteiger partial charge in [-0.15, -0.1) is 0 Å². The number of carbonyl (C=O) groups is 1. The number of nitrogens with two attached hydrogens (primary N) is 1. The smallest absolute Gasteiger partial charge is 0.346 e. The van der Waals surface area contributed by atoms with E-state index < -0.39 is 12.1 Å². The van der Waals surface area contributed by atoms with Gasteiger partial charge in [0.15, 0.2) is 0 Å². The number of fused-ring (bicyclic) bond motifs is 1. The summed E-state index contributed by atoms with van der Waals surface area (Å²) in [6, 6.07) is 13.9. The van der Waals surface area contributed by atoms with Gasteiger partial charge in [0.05, 0.1) is 5.69 Å². The molecule has 0 aliphatic heterocycles. The van der Waals surface area contributed by atoms with Crippen LogP contribution in [0.2, 0.25) is 0 Å². The molecule has 0 aliphatic rings. The fraction of sp³-hybridized carbons (Fsp3) is 0.176. The molecule has 1 atom stereocenters. The fourth-order valence-corrected chi connectivity index (χ4v) is 2.52. The second-order valence-electron chi connectivity index (χ2n) is 5.12. The molecule has 22 heavy (non-hydrogen) atoms. The van der Waals surface area contributed by atoms with Crippen LogP contribution in [0.3, 0.4) is 0 Å². The zero-order valence-electron chi connectivity index (χ0n) is 12.4. The molecule has 0 amide bonds. The zero-order chi connectivity index (χ0) is 15.7. The van der Waals surface area contributed by atoms with Gasteiger partial charge in [0, 0.05) is 0 Å². The van der Waals surface area contributed by atoms with E-state index in [1.54, 1.807) is 6.92 Å². The molecule has 5 nitrogen and oxygen atoms in total. The summed E-state index contributed by atoms with van der Waals surface area (Å²) < 4.78 is 10.3. The minimum absolute atomic E-state index is 0.0207. The van der Waals surface area contributed by atoms with Crippen molar-refractivity contribution in [3.8, 4) is 0 Å². The summed E-state index contributed by atoms with van der Waals surface area (Å²) in [5.74, 6) is -0.552. The van der Waals surface area contributed by atoms with Crippen LogP contribution in [0.5, 0.6) is 0 Å². The minimum atomic E-state index is -0.531. The largest absolute Gasteiger partial charge is 0.454 e. The molecule has 0 unspecified atom stereocenters. The number of ether oxygens (including phenoxy) is 1. The molecule has 0 aliphatic carbocycles. The van der Waals surface area contributed by atoms with Crippen LogP contribution in [-0.4, -0.2) is 11.1 Å². The number of hydrogen-bond acceptors (Lipinski definition) is 5. The summed E-state index contributed by atoms with van der Waals surface area (Å²) in [6.45, 7) is 3.48. The summed E-state index contributed by atoms with van der Waals surface area (Å²) >= 11 is 0. The van der Waals surface area contributed by atoms with E-state index in [0.29, 0.717) is 5.69 Å². The fourth-order valence-electron chi connectivity index (χ4n) is 2.52. The van der Waals surface area contributed by atoms with Crippen LogP contribution in [0.15, 0.2) is 47.0 Å². The third kappa shape index (κ3) is 2.41. The van der Waals surface area contributed by atoms with Crippen LogP contribution in [0, 0.1) is 6.92 Å². The molecule has 3 rings (SSSR count). The summed E-state index contributed by atoms with van der Waals surface area (Å²) in [4.78, 5) is 12.3. The Hall–Kier alpha value is -2.82. The van der Waals surface area contributed by atoms with E-state index in [1.165, 1.54) is 0 Å². The number of benzene rings is 2. The predicted octanol–water partition coefficient (Wildman–Crippen LogP) is 3.64. The highest BCUT2D eigenvalue weighted by atomic mass is 16.5. The van der Waals surface area contributed by atoms with Gasteiger partial charge in [0.1, 0.15) is 11.7 Å². The molecule has 0 saturated heterocycles. The standard InChI is InChI=1S/C17H16N2O3/c1-10-15(16(18)22-19-10)17(20)21-11(2)13-9-5-7-12-6-3-4-8-14(12)13/h3-9,11H,18H2,1-2H3/t11-/m0/s1. The van der Waals surface area contributed by atoms with Crippen molar-refractivity contribution < 1.29 is 14.1 Å². The molecule has 0 bridgehead atoms. The average molecular weight is 296 g/mol. The number of nitrogen functional groups attached to an aromatic ring is 1. The number of carbonyl (C=O) groups excluding carboxylic acids is 1. The Morgan fingerprint density at radius 1 is 1.23 bits per heavy atom. The number of esters is 1. The van der Waals surface area contributed by atoms with Crippen LogP contribution in [0.4, 0.5) is 5.88 Å². The molecule has 1 heterocycles. The molecule has 0 saturated carbocycles. The summed E-state index contributed by atoms with van der Waals surface area (Å²) in [6.07, 6.45) is -0.410. The summed E-state index contributed by atoms with van der Waals surface area (Å²) in [5.41, 5.74) is 7.17. The Morgan fingerprint density at radius 3 is 2.68 bits per heavy atom. The molecular formula is C17H16N2O3. The Labute approximate surface area is 127 Å². The lowest BCUT2D eigenvalue weighted by Gasteiger charge is -2.15. The Balaban J connectivity index is 1.91. The van der Waals surface area contributed by atoms with Crippen LogP contribution in [0.25, 0.3) is 10.8 Å². The molecule has 0 radical (unpaired) electrons. The van der Waals surface area contributed by atoms with Gasteiger partial charge in [0.25, 0.3) is 0 Å². The zero-order valence-corrected chi connectivity index (χ0v) is 12.4. The van der Waals surface area contributed by atoms with Crippen LogP contribution < -0.4 is 5.73 Å². The van der Waals surface area contributed by atoms with Crippen molar-refractivity contribution in [2.75, 3.05) is 5.73 Å². The van der Waals surface area contributed by atoms with E-state index in [2.05, 4.69) is 5.16 Å². The molecule has 0 fully saturated rings. The third-order valence-electron chi connectivity index (χ3n) is 3.64. The van der Waals surface area contributed by atoms with Gasteiger partial charge in [-0.3, -0.25) is 0 Å². The van der Waals surface area contributed by atoms with Gasteiger partial charge in [-0.2, -0.15) is 0 Å². The maximum Gasteiger partial charge on any atom is 0.346 e. The summed E-state index contributed by atoms with van der Waals surface area (Å²) in [5, 5.41) is 5.82. The second-order valence-corrected chi connectivity index (χ2v) is 5.12. The predicted molar refractivity (Wildman–Crippen MR) is 83.4 cm³/mol. The van der Waals surface area contributed by atoms with Crippen molar-refractivity contribution in [1.82, 2.24) is 5.16 Å². The summed E-state index contributed by atoms with van der Waals surface area (Å²) in [7, 11) is 0. The molecular weight excluding hydrogens is 280 g/mol. The minimum Gasteiger partial charge on any atom is -0.454 e. The van der Waals surface area contributed by atoms with Crippen LogP contribution >= 0.6 is 0 Å². The molecule has 112 valence electrons. The van der Waals surface area contributed by atoms with Gasteiger partial charge >= 0.3 is 5.97 Å². The first-order chi connectivity index (χ1) is 10.6. The highest BCUT2D eigenvalue weighted by Gasteiger charge is 2.23. The van der Waals surface area contributed by atoms with Crippen molar-refractivity contribution >= 4 is 22.6 Å². The van der Waals surface area contributed by atoms with Crippen LogP contribution in [0.1, 0.15) is 34.6 Å².